The maximum absolute atomic E-state index is 11.8. The second kappa shape index (κ2) is 8.89. The summed E-state index contributed by atoms with van der Waals surface area (Å²) in [5, 5.41) is 12.9. The van der Waals surface area contributed by atoms with Crippen LogP contribution in [0.25, 0.3) is 22.5 Å². The van der Waals surface area contributed by atoms with Gasteiger partial charge in [-0.05, 0) is 24.6 Å². The highest BCUT2D eigenvalue weighted by Crippen LogP contribution is 2.34. The third-order valence-electron chi connectivity index (χ3n) is 5.68. The van der Waals surface area contributed by atoms with Gasteiger partial charge in [-0.25, -0.2) is 9.67 Å². The van der Waals surface area contributed by atoms with Crippen LogP contribution in [0.1, 0.15) is 31.2 Å². The Kier molecular flexibility index (Phi) is 5.64. The van der Waals surface area contributed by atoms with Crippen LogP contribution in [-0.2, 0) is 22.5 Å². The molecule has 0 aliphatic carbocycles. The minimum atomic E-state index is -0.213. The summed E-state index contributed by atoms with van der Waals surface area (Å²) in [4.78, 5) is 21.0. The summed E-state index contributed by atoms with van der Waals surface area (Å²) >= 11 is 0. The largest absolute Gasteiger partial charge is 0.497 e. The molecular formula is C23H24N6O4. The quantitative estimate of drug-likeness (QED) is 0.425. The molecule has 0 radical (unpaired) electrons. The van der Waals surface area contributed by atoms with Crippen LogP contribution in [0.5, 0.6) is 5.75 Å². The number of anilines is 1. The predicted molar refractivity (Wildman–Crippen MR) is 120 cm³/mol. The maximum atomic E-state index is 11.8. The van der Waals surface area contributed by atoms with Crippen molar-refractivity contribution in [2.24, 2.45) is 0 Å². The number of methoxy groups -OCH3 is 1. The van der Waals surface area contributed by atoms with E-state index in [9.17, 15) is 4.79 Å². The van der Waals surface area contributed by atoms with Crippen LogP contribution in [0.3, 0.4) is 0 Å². The molecule has 1 atom stereocenters. The first kappa shape index (κ1) is 20.9. The van der Waals surface area contributed by atoms with Crippen LogP contribution in [-0.4, -0.2) is 50.6 Å². The van der Waals surface area contributed by atoms with Crippen LogP contribution < -0.4 is 10.1 Å². The van der Waals surface area contributed by atoms with Crippen molar-refractivity contribution in [2.75, 3.05) is 19.0 Å². The Hall–Kier alpha value is -3.95. The van der Waals surface area contributed by atoms with E-state index in [-0.39, 0.29) is 18.4 Å². The zero-order valence-corrected chi connectivity index (χ0v) is 18.4. The molecule has 0 bridgehead atoms. The van der Waals surface area contributed by atoms with Gasteiger partial charge in [0.05, 0.1) is 43.0 Å². The molecule has 10 nitrogen and oxygen atoms in total. The number of carbonyl (C=O) groups is 1. The fourth-order valence-corrected chi connectivity index (χ4v) is 3.94. The van der Waals surface area contributed by atoms with Gasteiger partial charge in [0.25, 0.3) is 5.89 Å². The lowest BCUT2D eigenvalue weighted by atomic mass is 10.1. The number of carbonyl (C=O) groups excluding carboxylic acids is 1. The van der Waals surface area contributed by atoms with E-state index in [1.165, 1.54) is 0 Å². The summed E-state index contributed by atoms with van der Waals surface area (Å²) < 4.78 is 17.7. The number of aromatic nitrogens is 5. The smallest absolute Gasteiger partial charge is 0.307 e. The van der Waals surface area contributed by atoms with E-state index in [0.29, 0.717) is 43.3 Å². The van der Waals surface area contributed by atoms with Crippen LogP contribution in [0, 0.1) is 0 Å². The molecular weight excluding hydrogens is 424 g/mol. The highest BCUT2D eigenvalue weighted by Gasteiger charge is 2.25. The lowest BCUT2D eigenvalue weighted by molar-refractivity contribution is -0.147. The van der Waals surface area contributed by atoms with Crippen molar-refractivity contribution in [3.63, 3.8) is 0 Å². The second-order valence-electron chi connectivity index (χ2n) is 7.84. The third-order valence-corrected chi connectivity index (χ3v) is 5.68. The number of pyridine rings is 1. The Bertz CT molecular complexity index is 1280. The van der Waals surface area contributed by atoms with Gasteiger partial charge in [-0.3, -0.25) is 4.79 Å². The third kappa shape index (κ3) is 4.23. The zero-order valence-electron chi connectivity index (χ0n) is 18.4. The average molecular weight is 448 g/mol. The van der Waals surface area contributed by atoms with E-state index in [4.69, 9.17) is 14.0 Å². The molecule has 170 valence electrons. The summed E-state index contributed by atoms with van der Waals surface area (Å²) in [6, 6.07) is 7.67. The minimum absolute atomic E-state index is 0.0673. The van der Waals surface area contributed by atoms with Crippen molar-refractivity contribution < 1.29 is 18.8 Å². The highest BCUT2D eigenvalue weighted by molar-refractivity contribution is 5.96. The van der Waals surface area contributed by atoms with Crippen LogP contribution in [0.4, 0.5) is 5.69 Å². The van der Waals surface area contributed by atoms with E-state index in [1.54, 1.807) is 19.5 Å². The van der Waals surface area contributed by atoms with Crippen molar-refractivity contribution in [1.29, 1.82) is 0 Å². The normalized spacial score (nSPS) is 16.1. The van der Waals surface area contributed by atoms with Crippen LogP contribution in [0.15, 0.2) is 41.2 Å². The summed E-state index contributed by atoms with van der Waals surface area (Å²) in [5.41, 5.74) is 3.24. The van der Waals surface area contributed by atoms with Crippen molar-refractivity contribution in [2.45, 2.75) is 38.8 Å². The Morgan fingerprint density at radius 2 is 2.09 bits per heavy atom. The van der Waals surface area contributed by atoms with Gasteiger partial charge in [-0.1, -0.05) is 17.3 Å². The Morgan fingerprint density at radius 3 is 2.85 bits per heavy atom. The summed E-state index contributed by atoms with van der Waals surface area (Å²) in [6.45, 7) is 3.09. The maximum Gasteiger partial charge on any atom is 0.307 e. The zero-order chi connectivity index (χ0) is 22.8. The van der Waals surface area contributed by atoms with Crippen molar-refractivity contribution >= 4 is 22.7 Å². The van der Waals surface area contributed by atoms with Gasteiger partial charge in [0.1, 0.15) is 5.75 Å². The summed E-state index contributed by atoms with van der Waals surface area (Å²) in [6.07, 6.45) is 5.01. The number of rotatable bonds is 7. The molecule has 5 rings (SSSR count). The lowest BCUT2D eigenvalue weighted by Crippen LogP contribution is -2.31. The molecule has 10 heteroatoms. The van der Waals surface area contributed by atoms with E-state index in [0.717, 1.165) is 28.0 Å². The number of esters is 1. The first-order valence-corrected chi connectivity index (χ1v) is 10.9. The van der Waals surface area contributed by atoms with Gasteiger partial charge in [0.2, 0.25) is 0 Å². The number of benzene rings is 1. The van der Waals surface area contributed by atoms with Crippen molar-refractivity contribution in [3.05, 3.63) is 48.0 Å². The van der Waals surface area contributed by atoms with Gasteiger partial charge in [0.15, 0.2) is 11.5 Å². The standard InChI is InChI=1S/C23H24N6O4/c1-3-29-22-17(13-25-29)21(26-15-8-9-32-20(30)11-15)18(12-24-22)23-27-19(28-33-23)10-14-4-6-16(31-2)7-5-14/h4-7,12-13,15H,3,8-11H2,1-2H3,(H,24,26). The fraction of sp³-hybridized carbons (Fsp3) is 0.348. The number of aryl methyl sites for hydroxylation is 1. The monoisotopic (exact) mass is 448 g/mol. The SMILES string of the molecule is CCn1ncc2c(NC3CCOC(=O)C3)c(-c3nc(Cc4ccc(OC)cc4)no3)cnc21. The molecule has 0 amide bonds. The van der Waals surface area contributed by atoms with E-state index in [2.05, 4.69) is 25.5 Å². The lowest BCUT2D eigenvalue weighted by Gasteiger charge is -2.24. The number of nitrogens with one attached hydrogen (secondary N) is 1. The topological polar surface area (TPSA) is 117 Å². The Morgan fingerprint density at radius 1 is 1.24 bits per heavy atom. The van der Waals surface area contributed by atoms with Crippen LogP contribution >= 0.6 is 0 Å². The highest BCUT2D eigenvalue weighted by atomic mass is 16.5. The molecule has 4 aromatic rings. The molecule has 0 saturated carbocycles. The Balaban J connectivity index is 1.48. The molecule has 1 aromatic carbocycles. The molecule has 1 unspecified atom stereocenters. The van der Waals surface area contributed by atoms with Gasteiger partial charge >= 0.3 is 5.97 Å². The second-order valence-corrected chi connectivity index (χ2v) is 7.84. The molecule has 1 N–H and O–H groups in total. The number of hydrogen-bond acceptors (Lipinski definition) is 9. The van der Waals surface area contributed by atoms with Crippen molar-refractivity contribution in [3.8, 4) is 17.2 Å². The van der Waals surface area contributed by atoms with Gasteiger partial charge < -0.3 is 19.3 Å². The predicted octanol–water partition coefficient (Wildman–Crippen LogP) is 3.22. The van der Waals surface area contributed by atoms with Crippen molar-refractivity contribution in [1.82, 2.24) is 24.9 Å². The van der Waals surface area contributed by atoms with Crippen LogP contribution in [0.2, 0.25) is 0 Å². The Labute approximate surface area is 189 Å². The first-order chi connectivity index (χ1) is 16.1. The molecule has 3 aromatic heterocycles. The molecule has 1 aliphatic rings. The number of nitrogens with zero attached hydrogens (tertiary/aromatic N) is 5. The summed E-state index contributed by atoms with van der Waals surface area (Å²) in [5.74, 6) is 1.50. The first-order valence-electron chi connectivity index (χ1n) is 10.9. The number of hydrogen-bond donors (Lipinski definition) is 1. The molecule has 1 aliphatic heterocycles. The molecule has 33 heavy (non-hydrogen) atoms. The molecule has 1 saturated heterocycles. The van der Waals surface area contributed by atoms with E-state index >= 15 is 0 Å². The summed E-state index contributed by atoms with van der Waals surface area (Å²) in [7, 11) is 1.64. The van der Waals surface area contributed by atoms with Gasteiger partial charge in [-0.15, -0.1) is 0 Å². The molecule has 0 spiro atoms. The number of ether oxygens (including phenoxy) is 2. The average Bonchev–Trinajstić information content (AvgIpc) is 3.47. The molecule has 1 fully saturated rings. The van der Waals surface area contributed by atoms with E-state index in [1.807, 2.05) is 35.9 Å². The van der Waals surface area contributed by atoms with Gasteiger partial charge in [0, 0.05) is 31.6 Å². The van der Waals surface area contributed by atoms with Gasteiger partial charge in [-0.2, -0.15) is 10.1 Å². The number of cyclic esters (lactones) is 1. The minimum Gasteiger partial charge on any atom is -0.497 e. The van der Waals surface area contributed by atoms with E-state index < -0.39 is 0 Å². The fourth-order valence-electron chi connectivity index (χ4n) is 3.94. The number of fused-ring (bicyclic) bond motifs is 1. The molecule has 4 heterocycles.